The molecule has 7 nitrogen and oxygen atoms in total. The minimum absolute atomic E-state index is 0.174. The van der Waals surface area contributed by atoms with E-state index in [0.29, 0.717) is 11.5 Å². The largest absolute Gasteiger partial charge is 0.497 e. The van der Waals surface area contributed by atoms with Gasteiger partial charge in [-0.3, -0.25) is 20.2 Å². The monoisotopic (exact) mass is 355 g/mol. The summed E-state index contributed by atoms with van der Waals surface area (Å²) < 4.78 is 5.13. The Morgan fingerprint density at radius 2 is 2.04 bits per heavy atom. The van der Waals surface area contributed by atoms with Gasteiger partial charge in [0.2, 0.25) is 11.9 Å². The minimum atomic E-state index is -0.301. The number of aromatic nitrogens is 4. The van der Waals surface area contributed by atoms with Gasteiger partial charge in [0, 0.05) is 11.1 Å². The molecule has 0 saturated carbocycles. The number of carbonyl (C=O) groups excluding carboxylic acids is 1. The third-order valence-corrected chi connectivity index (χ3v) is 4.48. The number of benzene rings is 1. The van der Waals surface area contributed by atoms with Gasteiger partial charge in [-0.25, -0.2) is 0 Å². The van der Waals surface area contributed by atoms with Crippen LogP contribution in [-0.4, -0.2) is 38.4 Å². The standard InChI is InChI=1S/C17H17N5O2S/c1-11(25-13-8-6-12(24-2)7-9-13)16(23)20-17-19-15(21-22-17)14-5-3-4-10-18-14/h3-11H,1-2H3,(H2,19,20,21,22,23)/t11-/m0/s1. The van der Waals surface area contributed by atoms with Crippen LogP contribution in [0.25, 0.3) is 11.5 Å². The smallest absolute Gasteiger partial charge is 0.249 e. The van der Waals surface area contributed by atoms with Gasteiger partial charge in [-0.2, -0.15) is 4.98 Å². The van der Waals surface area contributed by atoms with E-state index < -0.39 is 0 Å². The van der Waals surface area contributed by atoms with Crippen molar-refractivity contribution in [3.8, 4) is 17.3 Å². The van der Waals surface area contributed by atoms with Crippen molar-refractivity contribution in [2.24, 2.45) is 0 Å². The van der Waals surface area contributed by atoms with E-state index in [4.69, 9.17) is 4.74 Å². The summed E-state index contributed by atoms with van der Waals surface area (Å²) >= 11 is 1.45. The van der Waals surface area contributed by atoms with E-state index >= 15 is 0 Å². The van der Waals surface area contributed by atoms with E-state index in [1.54, 1.807) is 13.3 Å². The lowest BCUT2D eigenvalue weighted by molar-refractivity contribution is -0.115. The van der Waals surface area contributed by atoms with Crippen LogP contribution < -0.4 is 10.1 Å². The zero-order valence-corrected chi connectivity index (χ0v) is 14.6. The van der Waals surface area contributed by atoms with Gasteiger partial charge in [-0.15, -0.1) is 16.9 Å². The van der Waals surface area contributed by atoms with Crippen LogP contribution in [0.5, 0.6) is 5.75 Å². The summed E-state index contributed by atoms with van der Waals surface area (Å²) in [5.74, 6) is 1.34. The number of anilines is 1. The first-order chi connectivity index (χ1) is 12.2. The van der Waals surface area contributed by atoms with E-state index in [1.165, 1.54) is 11.8 Å². The molecule has 3 rings (SSSR count). The molecular weight excluding hydrogens is 338 g/mol. The molecule has 0 aliphatic carbocycles. The number of nitrogens with zero attached hydrogens (tertiary/aromatic N) is 3. The van der Waals surface area contributed by atoms with Gasteiger partial charge >= 0.3 is 0 Å². The average Bonchev–Trinajstić information content (AvgIpc) is 3.11. The number of hydrogen-bond donors (Lipinski definition) is 2. The quantitative estimate of drug-likeness (QED) is 0.660. The lowest BCUT2D eigenvalue weighted by Crippen LogP contribution is -2.23. The molecule has 0 radical (unpaired) electrons. The van der Waals surface area contributed by atoms with Crippen molar-refractivity contribution in [3.63, 3.8) is 0 Å². The van der Waals surface area contributed by atoms with Crippen LogP contribution in [0.4, 0.5) is 5.95 Å². The Hall–Kier alpha value is -2.87. The number of hydrogen-bond acceptors (Lipinski definition) is 6. The Morgan fingerprint density at radius 3 is 2.72 bits per heavy atom. The van der Waals surface area contributed by atoms with E-state index in [1.807, 2.05) is 49.4 Å². The van der Waals surface area contributed by atoms with Gasteiger partial charge in [0.05, 0.1) is 12.4 Å². The van der Waals surface area contributed by atoms with E-state index in [0.717, 1.165) is 10.6 Å². The normalized spacial score (nSPS) is 11.8. The number of rotatable bonds is 6. The zero-order valence-electron chi connectivity index (χ0n) is 13.8. The number of amides is 1. The summed E-state index contributed by atoms with van der Waals surface area (Å²) in [6.07, 6.45) is 1.67. The van der Waals surface area contributed by atoms with Crippen LogP contribution >= 0.6 is 11.8 Å². The molecular formula is C17H17N5O2S. The first-order valence-electron chi connectivity index (χ1n) is 7.61. The predicted molar refractivity (Wildman–Crippen MR) is 96.6 cm³/mol. The molecule has 0 aliphatic rings. The molecule has 2 N–H and O–H groups in total. The van der Waals surface area contributed by atoms with Crippen LogP contribution in [0.3, 0.4) is 0 Å². The summed E-state index contributed by atoms with van der Waals surface area (Å²) in [5.41, 5.74) is 0.663. The highest BCUT2D eigenvalue weighted by Crippen LogP contribution is 2.26. The summed E-state index contributed by atoms with van der Waals surface area (Å²) in [5, 5.41) is 9.19. The van der Waals surface area contributed by atoms with Gasteiger partial charge < -0.3 is 4.74 Å². The van der Waals surface area contributed by atoms with Crippen molar-refractivity contribution < 1.29 is 9.53 Å². The SMILES string of the molecule is COc1ccc(S[C@@H](C)C(=O)Nc2n[nH]c(-c3ccccn3)n2)cc1. The van der Waals surface area contributed by atoms with E-state index in [-0.39, 0.29) is 17.1 Å². The topological polar surface area (TPSA) is 92.8 Å². The molecule has 0 saturated heterocycles. The number of ether oxygens (including phenoxy) is 1. The minimum Gasteiger partial charge on any atom is -0.497 e. The van der Waals surface area contributed by atoms with Crippen molar-refractivity contribution in [1.29, 1.82) is 0 Å². The first kappa shape index (κ1) is 17.0. The fraction of sp³-hybridized carbons (Fsp3) is 0.176. The van der Waals surface area contributed by atoms with Crippen LogP contribution in [-0.2, 0) is 4.79 Å². The van der Waals surface area contributed by atoms with E-state index in [9.17, 15) is 4.79 Å². The molecule has 1 amide bonds. The Bertz CT molecular complexity index is 836. The number of thioether (sulfide) groups is 1. The molecule has 1 aromatic carbocycles. The Kier molecular flexibility index (Phi) is 5.30. The fourth-order valence-electron chi connectivity index (χ4n) is 2.06. The lowest BCUT2D eigenvalue weighted by atomic mass is 10.3. The Balaban J connectivity index is 1.60. The van der Waals surface area contributed by atoms with Gasteiger partial charge in [0.25, 0.3) is 0 Å². The molecule has 0 aliphatic heterocycles. The van der Waals surface area contributed by atoms with Gasteiger partial charge in [-0.1, -0.05) is 6.07 Å². The number of aromatic amines is 1. The van der Waals surface area contributed by atoms with Crippen molar-refractivity contribution in [3.05, 3.63) is 48.7 Å². The number of carbonyl (C=O) groups is 1. The van der Waals surface area contributed by atoms with Gasteiger partial charge in [-0.05, 0) is 43.3 Å². The van der Waals surface area contributed by atoms with Gasteiger partial charge in [0.15, 0.2) is 5.82 Å². The number of methoxy groups -OCH3 is 1. The van der Waals surface area contributed by atoms with Crippen LogP contribution in [0.2, 0.25) is 0 Å². The number of H-pyrrole nitrogens is 1. The predicted octanol–water partition coefficient (Wildman–Crippen LogP) is 2.99. The van der Waals surface area contributed by atoms with Crippen molar-refractivity contribution >= 4 is 23.6 Å². The molecule has 3 aromatic rings. The summed E-state index contributed by atoms with van der Waals surface area (Å²) in [6, 6.07) is 13.0. The molecule has 0 bridgehead atoms. The first-order valence-corrected chi connectivity index (χ1v) is 8.49. The molecule has 2 heterocycles. The van der Waals surface area contributed by atoms with Crippen molar-refractivity contribution in [2.45, 2.75) is 17.1 Å². The highest BCUT2D eigenvalue weighted by Gasteiger charge is 2.17. The average molecular weight is 355 g/mol. The van der Waals surface area contributed by atoms with Gasteiger partial charge in [0.1, 0.15) is 11.4 Å². The Labute approximate surface area is 149 Å². The van der Waals surface area contributed by atoms with Crippen LogP contribution in [0.1, 0.15) is 6.92 Å². The fourth-order valence-corrected chi connectivity index (χ4v) is 2.93. The third kappa shape index (κ3) is 4.36. The van der Waals surface area contributed by atoms with E-state index in [2.05, 4.69) is 25.5 Å². The molecule has 0 fully saturated rings. The third-order valence-electron chi connectivity index (χ3n) is 3.37. The molecule has 8 heteroatoms. The van der Waals surface area contributed by atoms with Crippen molar-refractivity contribution in [1.82, 2.24) is 20.2 Å². The number of pyridine rings is 1. The highest BCUT2D eigenvalue weighted by molar-refractivity contribution is 8.00. The lowest BCUT2D eigenvalue weighted by Gasteiger charge is -2.10. The highest BCUT2D eigenvalue weighted by atomic mass is 32.2. The Morgan fingerprint density at radius 1 is 1.24 bits per heavy atom. The second-order valence-electron chi connectivity index (χ2n) is 5.15. The second-order valence-corrected chi connectivity index (χ2v) is 6.56. The summed E-state index contributed by atoms with van der Waals surface area (Å²) in [7, 11) is 1.62. The van der Waals surface area contributed by atoms with Crippen LogP contribution in [0, 0.1) is 0 Å². The maximum absolute atomic E-state index is 12.3. The zero-order chi connectivity index (χ0) is 17.6. The maximum atomic E-state index is 12.3. The number of nitrogens with one attached hydrogen (secondary N) is 2. The van der Waals surface area contributed by atoms with Crippen LogP contribution in [0.15, 0.2) is 53.6 Å². The molecule has 25 heavy (non-hydrogen) atoms. The molecule has 2 aromatic heterocycles. The van der Waals surface area contributed by atoms with Crippen molar-refractivity contribution in [2.75, 3.05) is 12.4 Å². The summed E-state index contributed by atoms with van der Waals surface area (Å²) in [4.78, 5) is 21.7. The molecule has 1 atom stereocenters. The second kappa shape index (κ2) is 7.80. The molecule has 0 unspecified atom stereocenters. The molecule has 0 spiro atoms. The molecule has 128 valence electrons. The maximum Gasteiger partial charge on any atom is 0.249 e. The summed E-state index contributed by atoms with van der Waals surface area (Å²) in [6.45, 7) is 1.83.